The molecule has 0 spiro atoms. The third-order valence-electron chi connectivity index (χ3n) is 3.73. The van der Waals surface area contributed by atoms with Gasteiger partial charge < -0.3 is 10.4 Å². The molecule has 1 aromatic carbocycles. The van der Waals surface area contributed by atoms with Crippen LogP contribution in [0.2, 0.25) is 0 Å². The second-order valence-electron chi connectivity index (χ2n) is 6.35. The molecule has 20 heavy (non-hydrogen) atoms. The molecule has 5 heteroatoms. The highest BCUT2D eigenvalue weighted by atomic mass is 79.9. The van der Waals surface area contributed by atoms with Gasteiger partial charge in [0.15, 0.2) is 11.6 Å². The summed E-state index contributed by atoms with van der Waals surface area (Å²) in [5.41, 5.74) is 0.579. The van der Waals surface area contributed by atoms with Gasteiger partial charge in [-0.3, -0.25) is 4.90 Å². The summed E-state index contributed by atoms with van der Waals surface area (Å²) in [7, 11) is 0. The third-order valence-corrected chi connectivity index (χ3v) is 4.34. The number of benzene rings is 1. The Hall–Kier alpha value is -0.650. The van der Waals surface area contributed by atoms with E-state index >= 15 is 0 Å². The number of hydrogen-bond acceptors (Lipinski definition) is 3. The fourth-order valence-corrected chi connectivity index (χ4v) is 3.25. The van der Waals surface area contributed by atoms with E-state index in [2.05, 4.69) is 46.9 Å². The van der Waals surface area contributed by atoms with Crippen molar-refractivity contribution >= 4 is 15.9 Å². The molecule has 1 aliphatic heterocycles. The van der Waals surface area contributed by atoms with Crippen LogP contribution in [0.1, 0.15) is 32.4 Å². The van der Waals surface area contributed by atoms with Crippen molar-refractivity contribution in [2.45, 2.75) is 26.8 Å². The fraction of sp³-hybridized carbons (Fsp3) is 0.600. The van der Waals surface area contributed by atoms with E-state index in [1.54, 1.807) is 6.07 Å². The van der Waals surface area contributed by atoms with Crippen molar-refractivity contribution in [2.75, 3.05) is 26.2 Å². The third kappa shape index (κ3) is 3.15. The number of phenols is 1. The summed E-state index contributed by atoms with van der Waals surface area (Å²) in [6, 6.07) is 3.48. The van der Waals surface area contributed by atoms with Gasteiger partial charge in [0, 0.05) is 37.8 Å². The highest BCUT2D eigenvalue weighted by Gasteiger charge is 2.35. The van der Waals surface area contributed by atoms with Gasteiger partial charge in [-0.05, 0) is 27.4 Å². The van der Waals surface area contributed by atoms with E-state index in [9.17, 15) is 9.50 Å². The summed E-state index contributed by atoms with van der Waals surface area (Å²) in [4.78, 5) is 2.32. The number of phenolic OH excluding ortho intramolecular Hbond substituents is 1. The minimum absolute atomic E-state index is 0.00722. The average Bonchev–Trinajstić information content (AvgIpc) is 2.39. The maximum absolute atomic E-state index is 14.0. The number of rotatable bonds is 2. The zero-order valence-corrected chi connectivity index (χ0v) is 13.8. The van der Waals surface area contributed by atoms with Gasteiger partial charge in [0.25, 0.3) is 0 Å². The number of hydrogen-bond donors (Lipinski definition) is 2. The molecule has 3 nitrogen and oxygen atoms in total. The normalized spacial score (nSPS) is 19.1. The van der Waals surface area contributed by atoms with Crippen LogP contribution in [0.15, 0.2) is 16.6 Å². The molecule has 1 saturated heterocycles. The van der Waals surface area contributed by atoms with Gasteiger partial charge in [0.05, 0.1) is 4.47 Å². The quantitative estimate of drug-likeness (QED) is 0.864. The summed E-state index contributed by atoms with van der Waals surface area (Å²) < 4.78 is 14.3. The summed E-state index contributed by atoms with van der Waals surface area (Å²) >= 11 is 3.12. The number of aromatic hydroxyl groups is 1. The Bertz CT molecular complexity index is 481. The van der Waals surface area contributed by atoms with Crippen LogP contribution in [0.5, 0.6) is 5.75 Å². The fourth-order valence-electron chi connectivity index (χ4n) is 2.93. The molecule has 0 aliphatic carbocycles. The molecule has 0 bridgehead atoms. The number of nitrogens with one attached hydrogen (secondary N) is 1. The van der Waals surface area contributed by atoms with Gasteiger partial charge in [0.2, 0.25) is 0 Å². The molecule has 112 valence electrons. The Kier molecular flexibility index (Phi) is 4.72. The maximum Gasteiger partial charge on any atom is 0.179 e. The molecule has 2 rings (SSSR count). The van der Waals surface area contributed by atoms with Crippen molar-refractivity contribution in [2.24, 2.45) is 5.41 Å². The van der Waals surface area contributed by atoms with Crippen LogP contribution in [0.25, 0.3) is 0 Å². The molecule has 1 fully saturated rings. The molecular weight excluding hydrogens is 323 g/mol. The zero-order chi connectivity index (χ0) is 14.9. The van der Waals surface area contributed by atoms with E-state index < -0.39 is 5.82 Å². The lowest BCUT2D eigenvalue weighted by Gasteiger charge is -2.42. The lowest BCUT2D eigenvalue weighted by molar-refractivity contribution is 0.0838. The Labute approximate surface area is 128 Å². The van der Waals surface area contributed by atoms with E-state index in [0.717, 1.165) is 26.2 Å². The van der Waals surface area contributed by atoms with Crippen LogP contribution >= 0.6 is 15.9 Å². The zero-order valence-electron chi connectivity index (χ0n) is 12.2. The van der Waals surface area contributed by atoms with Gasteiger partial charge in [-0.1, -0.05) is 26.8 Å². The standard InChI is InChI=1S/C15H22BrFN2O/c1-15(2,3)14(19-8-6-18-7-9-19)10-4-5-11(16)12(17)13(10)20/h4-5,14,18,20H,6-9H2,1-3H3/t14-/m1/s1. The molecular formula is C15H22BrFN2O. The molecule has 0 unspecified atom stereocenters. The van der Waals surface area contributed by atoms with E-state index in [4.69, 9.17) is 0 Å². The highest BCUT2D eigenvalue weighted by Crippen LogP contribution is 2.43. The van der Waals surface area contributed by atoms with Crippen molar-refractivity contribution in [3.8, 4) is 5.75 Å². The number of piperazine rings is 1. The predicted molar refractivity (Wildman–Crippen MR) is 82.4 cm³/mol. The SMILES string of the molecule is CC(C)(C)[C@@H](c1ccc(Br)c(F)c1O)N1CCNCC1. The Morgan fingerprint density at radius 1 is 1.30 bits per heavy atom. The number of halogens is 2. The molecule has 1 aromatic rings. The second-order valence-corrected chi connectivity index (χ2v) is 7.21. The minimum Gasteiger partial charge on any atom is -0.505 e. The first kappa shape index (κ1) is 15.7. The second kappa shape index (κ2) is 6.00. The van der Waals surface area contributed by atoms with Crippen molar-refractivity contribution in [3.05, 3.63) is 28.0 Å². The van der Waals surface area contributed by atoms with Gasteiger partial charge in [-0.2, -0.15) is 0 Å². The van der Waals surface area contributed by atoms with E-state index in [-0.39, 0.29) is 17.2 Å². The van der Waals surface area contributed by atoms with E-state index in [0.29, 0.717) is 10.0 Å². The van der Waals surface area contributed by atoms with Crippen molar-refractivity contribution < 1.29 is 9.50 Å². The van der Waals surface area contributed by atoms with Crippen LogP contribution < -0.4 is 5.32 Å². The van der Waals surface area contributed by atoms with Crippen LogP contribution in [0.3, 0.4) is 0 Å². The van der Waals surface area contributed by atoms with Crippen molar-refractivity contribution in [3.63, 3.8) is 0 Å². The molecule has 1 heterocycles. The van der Waals surface area contributed by atoms with Crippen LogP contribution in [0, 0.1) is 11.2 Å². The Morgan fingerprint density at radius 2 is 1.90 bits per heavy atom. The average molecular weight is 345 g/mol. The van der Waals surface area contributed by atoms with Gasteiger partial charge in [0.1, 0.15) is 0 Å². The van der Waals surface area contributed by atoms with Gasteiger partial charge in [-0.25, -0.2) is 4.39 Å². The minimum atomic E-state index is -0.577. The number of nitrogens with zero attached hydrogens (tertiary/aromatic N) is 1. The van der Waals surface area contributed by atoms with Gasteiger partial charge in [-0.15, -0.1) is 0 Å². The summed E-state index contributed by atoms with van der Waals surface area (Å²) in [5.74, 6) is -0.815. The van der Waals surface area contributed by atoms with Crippen LogP contribution in [-0.4, -0.2) is 36.2 Å². The van der Waals surface area contributed by atoms with Crippen LogP contribution in [0.4, 0.5) is 4.39 Å². The smallest absolute Gasteiger partial charge is 0.179 e. The Morgan fingerprint density at radius 3 is 2.45 bits per heavy atom. The van der Waals surface area contributed by atoms with Crippen molar-refractivity contribution in [1.82, 2.24) is 10.2 Å². The molecule has 0 radical (unpaired) electrons. The van der Waals surface area contributed by atoms with Crippen molar-refractivity contribution in [1.29, 1.82) is 0 Å². The summed E-state index contributed by atoms with van der Waals surface area (Å²) in [6.45, 7) is 10.0. The van der Waals surface area contributed by atoms with Gasteiger partial charge >= 0.3 is 0 Å². The molecule has 1 aliphatic rings. The first-order chi connectivity index (χ1) is 9.32. The Balaban J connectivity index is 2.44. The summed E-state index contributed by atoms with van der Waals surface area (Å²) in [6.07, 6.45) is 0. The first-order valence-electron chi connectivity index (χ1n) is 6.94. The molecule has 1 atom stereocenters. The molecule has 0 amide bonds. The monoisotopic (exact) mass is 344 g/mol. The lowest BCUT2D eigenvalue weighted by Crippen LogP contribution is -2.48. The molecule has 0 saturated carbocycles. The lowest BCUT2D eigenvalue weighted by atomic mass is 9.80. The topological polar surface area (TPSA) is 35.5 Å². The largest absolute Gasteiger partial charge is 0.505 e. The van der Waals surface area contributed by atoms with E-state index in [1.165, 1.54) is 0 Å². The predicted octanol–water partition coefficient (Wildman–Crippen LogP) is 3.29. The first-order valence-corrected chi connectivity index (χ1v) is 7.73. The molecule has 2 N–H and O–H groups in total. The van der Waals surface area contributed by atoms with Crippen LogP contribution in [-0.2, 0) is 0 Å². The maximum atomic E-state index is 14.0. The highest BCUT2D eigenvalue weighted by molar-refractivity contribution is 9.10. The van der Waals surface area contributed by atoms with E-state index in [1.807, 2.05) is 6.07 Å². The molecule has 0 aromatic heterocycles. The summed E-state index contributed by atoms with van der Waals surface area (Å²) in [5, 5.41) is 13.5.